The van der Waals surface area contributed by atoms with Crippen molar-refractivity contribution in [3.05, 3.63) is 0 Å². The number of carbonyl (C=O) groups excluding carboxylic acids is 2. The smallest absolute Gasteiger partial charge is 0.319 e. The number of rotatable bonds is 4. The molecule has 0 radical (unpaired) electrons. The van der Waals surface area contributed by atoms with Gasteiger partial charge in [-0.05, 0) is 13.8 Å². The molecule has 0 rings (SSSR count). The van der Waals surface area contributed by atoms with Crippen LogP contribution in [-0.4, -0.2) is 29.4 Å². The summed E-state index contributed by atoms with van der Waals surface area (Å²) < 4.78 is 9.01. The summed E-state index contributed by atoms with van der Waals surface area (Å²) in [5.41, 5.74) is 0. The van der Waals surface area contributed by atoms with Crippen molar-refractivity contribution in [1.82, 2.24) is 0 Å². The first-order chi connectivity index (χ1) is 6.11. The first-order valence-corrected chi connectivity index (χ1v) is 5.31. The third-order valence-corrected chi connectivity index (χ3v) is 2.58. The second-order valence-electron chi connectivity index (χ2n) is 2.01. The Kier molecular flexibility index (Phi) is 7.12. The molecular formula is C7H12O4S2. The van der Waals surface area contributed by atoms with Crippen LogP contribution < -0.4 is 0 Å². The molecule has 0 spiro atoms. The lowest BCUT2D eigenvalue weighted by Crippen LogP contribution is -2.17. The molecule has 13 heavy (non-hydrogen) atoms. The Labute approximate surface area is 85.9 Å². The highest BCUT2D eigenvalue weighted by atomic mass is 32.2. The van der Waals surface area contributed by atoms with Crippen LogP contribution in [-0.2, 0) is 13.7 Å². The van der Waals surface area contributed by atoms with E-state index in [4.69, 9.17) is 4.74 Å². The van der Waals surface area contributed by atoms with E-state index in [1.54, 1.807) is 13.8 Å². The Hall–Kier alpha value is -0.200. The number of carbonyl (C=O) groups is 2. The SMILES string of the molecule is CCOC(=O)C(C)SC(=O)SOC. The molecule has 0 aromatic rings. The van der Waals surface area contributed by atoms with E-state index in [9.17, 15) is 9.59 Å². The summed E-state index contributed by atoms with van der Waals surface area (Å²) in [6.07, 6.45) is 0. The maximum Gasteiger partial charge on any atom is 0.319 e. The van der Waals surface area contributed by atoms with Crippen LogP contribution in [0.2, 0.25) is 0 Å². The fourth-order valence-electron chi connectivity index (χ4n) is 0.540. The fourth-order valence-corrected chi connectivity index (χ4v) is 1.92. The van der Waals surface area contributed by atoms with E-state index < -0.39 is 5.25 Å². The van der Waals surface area contributed by atoms with E-state index in [0.29, 0.717) is 18.6 Å². The molecule has 0 aromatic heterocycles. The molecule has 4 nitrogen and oxygen atoms in total. The minimum Gasteiger partial charge on any atom is -0.465 e. The van der Waals surface area contributed by atoms with Gasteiger partial charge in [0, 0.05) is 0 Å². The molecule has 0 aromatic carbocycles. The van der Waals surface area contributed by atoms with Crippen molar-refractivity contribution in [2.45, 2.75) is 19.1 Å². The van der Waals surface area contributed by atoms with E-state index in [2.05, 4.69) is 4.18 Å². The van der Waals surface area contributed by atoms with Crippen LogP contribution >= 0.6 is 23.8 Å². The predicted octanol–water partition coefficient (Wildman–Crippen LogP) is 2.09. The Morgan fingerprint density at radius 1 is 1.46 bits per heavy atom. The van der Waals surface area contributed by atoms with Gasteiger partial charge >= 0.3 is 5.97 Å². The van der Waals surface area contributed by atoms with Gasteiger partial charge in [-0.1, -0.05) is 11.8 Å². The first-order valence-electron chi connectivity index (χ1n) is 3.69. The molecule has 0 N–H and O–H groups in total. The molecule has 0 amide bonds. The Morgan fingerprint density at radius 3 is 2.54 bits per heavy atom. The van der Waals surface area contributed by atoms with Crippen LogP contribution in [0.5, 0.6) is 0 Å². The highest BCUT2D eigenvalue weighted by Crippen LogP contribution is 2.22. The number of thioether (sulfide) groups is 1. The van der Waals surface area contributed by atoms with Gasteiger partial charge in [0.05, 0.1) is 25.8 Å². The molecule has 0 heterocycles. The first kappa shape index (κ1) is 12.8. The standard InChI is InChI=1S/C7H12O4S2/c1-4-11-6(8)5(2)12-7(9)13-10-3/h5H,4H2,1-3H3. The minimum absolute atomic E-state index is 0.247. The molecule has 6 heteroatoms. The zero-order valence-electron chi connectivity index (χ0n) is 7.73. The van der Waals surface area contributed by atoms with E-state index >= 15 is 0 Å². The van der Waals surface area contributed by atoms with Crippen LogP contribution in [0.4, 0.5) is 4.79 Å². The summed E-state index contributed by atoms with van der Waals surface area (Å²) in [6, 6.07) is 0. The van der Waals surface area contributed by atoms with Crippen molar-refractivity contribution in [3.63, 3.8) is 0 Å². The Morgan fingerprint density at radius 2 is 2.08 bits per heavy atom. The monoisotopic (exact) mass is 224 g/mol. The molecule has 76 valence electrons. The number of esters is 1. The maximum atomic E-state index is 11.0. The van der Waals surface area contributed by atoms with Gasteiger partial charge in [0.25, 0.3) is 4.45 Å². The second-order valence-corrected chi connectivity index (χ2v) is 4.45. The average Bonchev–Trinajstić information content (AvgIpc) is 2.05. The molecule has 1 atom stereocenters. The van der Waals surface area contributed by atoms with Gasteiger partial charge < -0.3 is 8.92 Å². The van der Waals surface area contributed by atoms with E-state index in [-0.39, 0.29) is 10.4 Å². The van der Waals surface area contributed by atoms with E-state index in [1.807, 2.05) is 0 Å². The highest BCUT2D eigenvalue weighted by Gasteiger charge is 2.19. The summed E-state index contributed by atoms with van der Waals surface area (Å²) in [6.45, 7) is 3.67. The number of ether oxygens (including phenoxy) is 1. The summed E-state index contributed by atoms with van der Waals surface area (Å²) in [5, 5.41) is -0.477. The summed E-state index contributed by atoms with van der Waals surface area (Å²) in [4.78, 5) is 22.0. The fraction of sp³-hybridized carbons (Fsp3) is 0.714. The zero-order valence-corrected chi connectivity index (χ0v) is 9.37. The van der Waals surface area contributed by atoms with E-state index in [1.165, 1.54) is 7.11 Å². The normalized spacial score (nSPS) is 12.2. The topological polar surface area (TPSA) is 52.6 Å². The number of hydrogen-bond donors (Lipinski definition) is 0. The summed E-state index contributed by atoms with van der Waals surface area (Å²) in [5.74, 6) is -0.377. The zero-order chi connectivity index (χ0) is 10.3. The van der Waals surface area contributed by atoms with Gasteiger partial charge in [0.2, 0.25) is 0 Å². The molecule has 0 aliphatic rings. The molecule has 0 bridgehead atoms. The predicted molar refractivity (Wildman–Crippen MR) is 53.7 cm³/mol. The minimum atomic E-state index is -0.477. The van der Waals surface area contributed by atoms with Crippen LogP contribution in [0.15, 0.2) is 0 Å². The van der Waals surface area contributed by atoms with Gasteiger partial charge in [-0.2, -0.15) is 0 Å². The van der Waals surface area contributed by atoms with Crippen molar-refractivity contribution < 1.29 is 18.5 Å². The number of hydrogen-bond acceptors (Lipinski definition) is 6. The van der Waals surface area contributed by atoms with Crippen LogP contribution in [0.25, 0.3) is 0 Å². The quantitative estimate of drug-likeness (QED) is 0.538. The largest absolute Gasteiger partial charge is 0.465 e. The van der Waals surface area contributed by atoms with Gasteiger partial charge in [0.15, 0.2) is 0 Å². The van der Waals surface area contributed by atoms with Crippen LogP contribution in [0.3, 0.4) is 0 Å². The average molecular weight is 224 g/mol. The molecule has 1 unspecified atom stereocenters. The third-order valence-electron chi connectivity index (χ3n) is 1.04. The summed E-state index contributed by atoms with van der Waals surface area (Å²) in [7, 11) is 1.40. The lowest BCUT2D eigenvalue weighted by molar-refractivity contribution is -0.142. The van der Waals surface area contributed by atoms with Crippen molar-refractivity contribution in [3.8, 4) is 0 Å². The molecule has 0 saturated carbocycles. The Balaban J connectivity index is 3.78. The molecule has 0 fully saturated rings. The van der Waals surface area contributed by atoms with Gasteiger partial charge in [-0.3, -0.25) is 9.59 Å². The maximum absolute atomic E-state index is 11.0. The molecule has 0 saturated heterocycles. The van der Waals surface area contributed by atoms with Crippen molar-refractivity contribution >= 4 is 34.2 Å². The lowest BCUT2D eigenvalue weighted by atomic mass is 10.5. The third kappa shape index (κ3) is 5.95. The highest BCUT2D eigenvalue weighted by molar-refractivity contribution is 8.37. The van der Waals surface area contributed by atoms with Gasteiger partial charge in [-0.15, -0.1) is 0 Å². The van der Waals surface area contributed by atoms with Gasteiger partial charge in [-0.25, -0.2) is 0 Å². The molecular weight excluding hydrogens is 212 g/mol. The van der Waals surface area contributed by atoms with Crippen LogP contribution in [0.1, 0.15) is 13.8 Å². The van der Waals surface area contributed by atoms with Crippen molar-refractivity contribution in [2.24, 2.45) is 0 Å². The Bertz CT molecular complexity index is 183. The van der Waals surface area contributed by atoms with E-state index in [0.717, 1.165) is 11.8 Å². The van der Waals surface area contributed by atoms with Crippen LogP contribution in [0, 0.1) is 0 Å². The lowest BCUT2D eigenvalue weighted by Gasteiger charge is -2.07. The second kappa shape index (κ2) is 7.23. The van der Waals surface area contributed by atoms with Crippen molar-refractivity contribution in [1.29, 1.82) is 0 Å². The molecule has 0 aliphatic heterocycles. The summed E-state index contributed by atoms with van der Waals surface area (Å²) >= 11 is 1.61. The van der Waals surface area contributed by atoms with Gasteiger partial charge in [0.1, 0.15) is 5.25 Å². The van der Waals surface area contributed by atoms with Crippen molar-refractivity contribution in [2.75, 3.05) is 13.7 Å². The molecule has 0 aliphatic carbocycles.